The molecule has 0 saturated carbocycles. The van der Waals surface area contributed by atoms with Crippen LogP contribution in [-0.2, 0) is 16.4 Å². The summed E-state index contributed by atoms with van der Waals surface area (Å²) in [6.07, 6.45) is 0.577. The third kappa shape index (κ3) is 3.66. The zero-order valence-electron chi connectivity index (χ0n) is 8.18. The monoisotopic (exact) mass is 276 g/mol. The van der Waals surface area contributed by atoms with Crippen LogP contribution in [0.1, 0.15) is 5.56 Å². The van der Waals surface area contributed by atoms with E-state index in [2.05, 4.69) is 22.4 Å². The minimum Gasteiger partial charge on any atom is -0.232 e. The first-order valence-corrected chi connectivity index (χ1v) is 6.63. The van der Waals surface area contributed by atoms with Gasteiger partial charge in [-0.2, -0.15) is 0 Å². The third-order valence-electron chi connectivity index (χ3n) is 1.91. The zero-order chi connectivity index (χ0) is 12.2. The maximum atomic E-state index is 11.0. The van der Waals surface area contributed by atoms with Gasteiger partial charge in [0.1, 0.15) is 0 Å². The highest BCUT2D eigenvalue weighted by Gasteiger charge is 2.10. The van der Waals surface area contributed by atoms with E-state index < -0.39 is 10.0 Å². The molecule has 4 nitrogen and oxygen atoms in total. The van der Waals surface area contributed by atoms with Crippen LogP contribution in [0.3, 0.4) is 0 Å². The molecule has 0 radical (unpaired) electrons. The molecule has 0 atom stereocenters. The Kier molecular flexibility index (Phi) is 4.58. The fourth-order valence-corrected chi connectivity index (χ4v) is 2.10. The zero-order valence-corrected chi connectivity index (χ0v) is 10.6. The first-order chi connectivity index (χ1) is 7.45. The second-order valence-corrected chi connectivity index (χ2v) is 5.17. The molecule has 1 aromatic carbocycles. The van der Waals surface area contributed by atoms with E-state index in [1.807, 2.05) is 0 Å². The van der Waals surface area contributed by atoms with Crippen molar-refractivity contribution in [2.24, 2.45) is 10.1 Å². The van der Waals surface area contributed by atoms with Crippen LogP contribution in [0.2, 0.25) is 5.02 Å². The van der Waals surface area contributed by atoms with Crippen molar-refractivity contribution >= 4 is 39.0 Å². The van der Waals surface area contributed by atoms with Crippen molar-refractivity contribution in [2.45, 2.75) is 11.3 Å². The predicted octanol–water partition coefficient (Wildman–Crippen LogP) is 1.63. The Labute approximate surface area is 104 Å². The second kappa shape index (κ2) is 5.52. The van der Waals surface area contributed by atoms with Gasteiger partial charge in [0.05, 0.1) is 16.6 Å². The van der Waals surface area contributed by atoms with E-state index in [4.69, 9.17) is 16.7 Å². The molecule has 0 spiro atoms. The topological polar surface area (TPSA) is 72.5 Å². The first kappa shape index (κ1) is 13.3. The van der Waals surface area contributed by atoms with E-state index in [9.17, 15) is 8.42 Å². The third-order valence-corrected chi connectivity index (χ3v) is 3.30. The number of thiocarbonyl (C=S) groups is 1. The average Bonchev–Trinajstić information content (AvgIpc) is 2.19. The van der Waals surface area contributed by atoms with Gasteiger partial charge in [0.25, 0.3) is 0 Å². The van der Waals surface area contributed by atoms with Crippen molar-refractivity contribution in [1.29, 1.82) is 0 Å². The van der Waals surface area contributed by atoms with Crippen molar-refractivity contribution in [1.82, 2.24) is 0 Å². The smallest absolute Gasteiger partial charge is 0.232 e. The summed E-state index contributed by atoms with van der Waals surface area (Å²) in [7, 11) is -3.70. The van der Waals surface area contributed by atoms with Crippen LogP contribution in [0, 0.1) is 0 Å². The molecule has 2 N–H and O–H groups in total. The molecule has 0 unspecified atom stereocenters. The summed E-state index contributed by atoms with van der Waals surface area (Å²) in [6.45, 7) is 0.470. The van der Waals surface area contributed by atoms with E-state index in [0.29, 0.717) is 18.0 Å². The number of nitrogens with zero attached hydrogens (tertiary/aromatic N) is 1. The van der Waals surface area contributed by atoms with E-state index in [1.165, 1.54) is 12.1 Å². The number of hydrogen-bond acceptors (Lipinski definition) is 4. The van der Waals surface area contributed by atoms with Gasteiger partial charge in [-0.3, -0.25) is 0 Å². The maximum Gasteiger partial charge on any atom is 0.238 e. The number of sulfonamides is 1. The minimum absolute atomic E-state index is 0.000386. The molecule has 0 bridgehead atoms. The largest absolute Gasteiger partial charge is 0.238 e. The van der Waals surface area contributed by atoms with E-state index in [1.54, 1.807) is 6.07 Å². The maximum absolute atomic E-state index is 11.0. The van der Waals surface area contributed by atoms with Crippen molar-refractivity contribution in [2.75, 3.05) is 6.54 Å². The van der Waals surface area contributed by atoms with Gasteiger partial charge < -0.3 is 0 Å². The lowest BCUT2D eigenvalue weighted by Gasteiger charge is -2.04. The number of nitrogens with two attached hydrogens (primary N) is 1. The lowest BCUT2D eigenvalue weighted by atomic mass is 10.1. The summed E-state index contributed by atoms with van der Waals surface area (Å²) in [5.41, 5.74) is 0.795. The minimum atomic E-state index is -3.70. The van der Waals surface area contributed by atoms with E-state index in [0.717, 1.165) is 5.56 Å². The van der Waals surface area contributed by atoms with Crippen LogP contribution in [-0.4, -0.2) is 20.1 Å². The molecule has 0 aliphatic heterocycles. The van der Waals surface area contributed by atoms with Gasteiger partial charge in [-0.15, -0.1) is 0 Å². The molecule has 7 heteroatoms. The van der Waals surface area contributed by atoms with Gasteiger partial charge in [-0.1, -0.05) is 17.7 Å². The van der Waals surface area contributed by atoms with Gasteiger partial charge in [0, 0.05) is 5.02 Å². The van der Waals surface area contributed by atoms with Crippen LogP contribution in [0.15, 0.2) is 28.1 Å². The number of hydrogen-bond donors (Lipinski definition) is 1. The Balaban J connectivity index is 2.96. The highest BCUT2D eigenvalue weighted by Crippen LogP contribution is 2.20. The molecule has 0 fully saturated rings. The summed E-state index contributed by atoms with van der Waals surface area (Å²) < 4.78 is 22.1. The number of isothiocyanates is 1. The molecular formula is C9H9ClN2O2S2. The molecule has 0 saturated heterocycles. The number of rotatable bonds is 4. The molecular weight excluding hydrogens is 268 g/mol. The summed E-state index contributed by atoms with van der Waals surface area (Å²) in [6, 6.07) is 4.35. The summed E-state index contributed by atoms with van der Waals surface area (Å²) >= 11 is 10.3. The highest BCUT2D eigenvalue weighted by atomic mass is 35.5. The fraction of sp³-hybridized carbons (Fsp3) is 0.222. The molecule has 0 amide bonds. The molecule has 0 aliphatic carbocycles. The van der Waals surface area contributed by atoms with Crippen molar-refractivity contribution in [3.63, 3.8) is 0 Å². The Morgan fingerprint density at radius 3 is 2.69 bits per heavy atom. The molecule has 16 heavy (non-hydrogen) atoms. The molecule has 1 rings (SSSR count). The van der Waals surface area contributed by atoms with Gasteiger partial charge in [-0.05, 0) is 36.3 Å². The van der Waals surface area contributed by atoms with Gasteiger partial charge >= 0.3 is 0 Å². The van der Waals surface area contributed by atoms with Crippen LogP contribution in [0.5, 0.6) is 0 Å². The van der Waals surface area contributed by atoms with Gasteiger partial charge in [0.15, 0.2) is 0 Å². The lowest BCUT2D eigenvalue weighted by Crippen LogP contribution is -2.12. The van der Waals surface area contributed by atoms with Crippen LogP contribution in [0.4, 0.5) is 0 Å². The quantitative estimate of drug-likeness (QED) is 0.671. The lowest BCUT2D eigenvalue weighted by molar-refractivity contribution is 0.598. The highest BCUT2D eigenvalue weighted by molar-refractivity contribution is 7.89. The number of halogens is 1. The second-order valence-electron chi connectivity index (χ2n) is 3.02. The van der Waals surface area contributed by atoms with E-state index >= 15 is 0 Å². The number of primary sulfonamides is 1. The standard InChI is InChI=1S/C9H9ClN2O2S2/c10-9-5-8(16(11,13)14)2-1-7(9)3-4-12-6-15/h1-2,5H,3-4H2,(H2,11,13,14). The number of aliphatic imine (C=N–C) groups is 1. The summed E-state index contributed by atoms with van der Waals surface area (Å²) in [5, 5.41) is 7.56. The molecule has 0 heterocycles. The Bertz CT molecular complexity index is 536. The van der Waals surface area contributed by atoms with E-state index in [-0.39, 0.29) is 4.90 Å². The molecule has 1 aromatic rings. The Morgan fingerprint density at radius 1 is 1.50 bits per heavy atom. The molecule has 86 valence electrons. The van der Waals surface area contributed by atoms with Gasteiger partial charge in [0.2, 0.25) is 10.0 Å². The summed E-state index contributed by atoms with van der Waals surface area (Å²) in [4.78, 5) is 3.74. The van der Waals surface area contributed by atoms with Crippen LogP contribution in [0.25, 0.3) is 0 Å². The van der Waals surface area contributed by atoms with Gasteiger partial charge in [-0.25, -0.2) is 18.5 Å². The van der Waals surface area contributed by atoms with Crippen molar-refractivity contribution in [3.8, 4) is 0 Å². The molecule has 0 aliphatic rings. The first-order valence-electron chi connectivity index (χ1n) is 4.30. The molecule has 0 aromatic heterocycles. The predicted molar refractivity (Wildman–Crippen MR) is 66.4 cm³/mol. The Morgan fingerprint density at radius 2 is 2.19 bits per heavy atom. The Hall–Kier alpha value is -0.780. The van der Waals surface area contributed by atoms with Crippen molar-refractivity contribution in [3.05, 3.63) is 28.8 Å². The normalized spacial score (nSPS) is 10.9. The van der Waals surface area contributed by atoms with Crippen LogP contribution < -0.4 is 5.14 Å². The van der Waals surface area contributed by atoms with Crippen molar-refractivity contribution < 1.29 is 8.42 Å². The fourth-order valence-electron chi connectivity index (χ4n) is 1.13. The van der Waals surface area contributed by atoms with Crippen LogP contribution >= 0.6 is 23.8 Å². The summed E-state index contributed by atoms with van der Waals surface area (Å²) in [5.74, 6) is 0. The number of benzene rings is 1. The SMILES string of the molecule is NS(=O)(=O)c1ccc(CCN=C=S)c(Cl)c1. The average molecular weight is 277 g/mol.